The lowest BCUT2D eigenvalue weighted by Crippen LogP contribution is -2.38. The zero-order valence-electron chi connectivity index (χ0n) is 21.9. The number of nitrogens with zero attached hydrogens (tertiary/aromatic N) is 1. The van der Waals surface area contributed by atoms with Crippen LogP contribution in [0.1, 0.15) is 26.7 Å². The van der Waals surface area contributed by atoms with Gasteiger partial charge >= 0.3 is 23.9 Å². The van der Waals surface area contributed by atoms with Crippen LogP contribution < -0.4 is 10.1 Å². The van der Waals surface area contributed by atoms with Gasteiger partial charge in [-0.3, -0.25) is 0 Å². The second kappa shape index (κ2) is 19.3. The molecule has 1 unspecified atom stereocenters. The highest BCUT2D eigenvalue weighted by Gasteiger charge is 2.28. The molecule has 0 bridgehead atoms. The van der Waals surface area contributed by atoms with Crippen molar-refractivity contribution >= 4 is 33.7 Å². The van der Waals surface area contributed by atoms with Crippen LogP contribution in [0.15, 0.2) is 53.5 Å². The van der Waals surface area contributed by atoms with Crippen LogP contribution in [0.25, 0.3) is 0 Å². The summed E-state index contributed by atoms with van der Waals surface area (Å²) in [7, 11) is -3.25. The topological polar surface area (TPSA) is 208 Å². The van der Waals surface area contributed by atoms with Gasteiger partial charge in [-0.25, -0.2) is 27.6 Å². The van der Waals surface area contributed by atoms with Crippen molar-refractivity contribution in [3.8, 4) is 5.75 Å². The molecule has 1 aliphatic rings. The van der Waals surface area contributed by atoms with Crippen molar-refractivity contribution in [3.63, 3.8) is 0 Å². The van der Waals surface area contributed by atoms with Gasteiger partial charge in [0.15, 0.2) is 9.84 Å². The fourth-order valence-electron chi connectivity index (χ4n) is 3.12. The van der Waals surface area contributed by atoms with E-state index >= 15 is 0 Å². The SMILES string of the molecule is CCN(CC)CCOc1ccc(S(=O)(=O)C2CCCNC2)cc1.O=C(O)/C=C\C(=O)O.O=C(O)/C=C\C(=O)O. The maximum Gasteiger partial charge on any atom is 0.328 e. The average Bonchev–Trinajstić information content (AvgIpc) is 2.90. The van der Waals surface area contributed by atoms with Gasteiger partial charge in [0.1, 0.15) is 12.4 Å². The van der Waals surface area contributed by atoms with Gasteiger partial charge in [-0.15, -0.1) is 0 Å². The minimum atomic E-state index is -3.25. The molecule has 13 nitrogen and oxygen atoms in total. The zero-order chi connectivity index (χ0) is 29.8. The van der Waals surface area contributed by atoms with E-state index in [1.54, 1.807) is 24.3 Å². The first-order valence-electron chi connectivity index (χ1n) is 12.0. The molecule has 0 aromatic heterocycles. The Morgan fingerprint density at radius 3 is 1.72 bits per heavy atom. The van der Waals surface area contributed by atoms with Crippen molar-refractivity contribution in [3.05, 3.63) is 48.6 Å². The van der Waals surface area contributed by atoms with Crippen LogP contribution in [0.5, 0.6) is 5.75 Å². The summed E-state index contributed by atoms with van der Waals surface area (Å²) in [4.78, 5) is 40.9. The number of benzene rings is 1. The van der Waals surface area contributed by atoms with Crippen LogP contribution in [0.2, 0.25) is 0 Å². The third kappa shape index (κ3) is 16.7. The standard InChI is InChI=1S/C17H28N2O3S.2C4H4O4/c1-3-19(4-2)12-13-22-15-7-9-16(10-8-15)23(20,21)17-6-5-11-18-14-17;2*5-3(6)1-2-4(7)8/h7-10,17-18H,3-6,11-14H2,1-2H3;2*1-2H,(H,5,6)(H,7,8)/b;2*2-1-. The normalized spacial score (nSPS) is 15.1. The van der Waals surface area contributed by atoms with Crippen molar-refractivity contribution in [1.82, 2.24) is 10.2 Å². The molecule has 0 aliphatic carbocycles. The molecule has 1 saturated heterocycles. The summed E-state index contributed by atoms with van der Waals surface area (Å²) >= 11 is 0. The lowest BCUT2D eigenvalue weighted by molar-refractivity contribution is -0.134. The Balaban J connectivity index is 0.000000742. The van der Waals surface area contributed by atoms with Gasteiger partial charge in [0.2, 0.25) is 0 Å². The molecule has 14 heteroatoms. The zero-order valence-corrected chi connectivity index (χ0v) is 22.7. The lowest BCUT2D eigenvalue weighted by Gasteiger charge is -2.23. The molecular formula is C25H36N2O11S. The molecule has 5 N–H and O–H groups in total. The van der Waals surface area contributed by atoms with Gasteiger partial charge in [0.25, 0.3) is 0 Å². The number of piperidine rings is 1. The van der Waals surface area contributed by atoms with Crippen LogP contribution in [0.3, 0.4) is 0 Å². The van der Waals surface area contributed by atoms with Crippen molar-refractivity contribution in [2.24, 2.45) is 0 Å². The Morgan fingerprint density at radius 1 is 0.897 bits per heavy atom. The third-order valence-electron chi connectivity index (χ3n) is 5.15. The summed E-state index contributed by atoms with van der Waals surface area (Å²) in [6.45, 7) is 9.21. The van der Waals surface area contributed by atoms with Gasteiger partial charge in [-0.2, -0.15) is 0 Å². The first kappa shape index (κ1) is 35.2. The molecular weight excluding hydrogens is 536 g/mol. The Bertz CT molecular complexity index is 1010. The highest BCUT2D eigenvalue weighted by Crippen LogP contribution is 2.23. The van der Waals surface area contributed by atoms with E-state index in [1.165, 1.54) is 0 Å². The fraction of sp³-hybridized carbons (Fsp3) is 0.440. The van der Waals surface area contributed by atoms with Gasteiger partial charge in [-0.05, 0) is 56.7 Å². The van der Waals surface area contributed by atoms with E-state index in [1.807, 2.05) is 0 Å². The second-order valence-corrected chi connectivity index (χ2v) is 10.1. The number of carboxylic acid groups (broad SMARTS) is 4. The molecule has 1 aromatic rings. The second-order valence-electron chi connectivity index (χ2n) is 7.88. The summed E-state index contributed by atoms with van der Waals surface area (Å²) in [5, 5.41) is 34.1. The Kier molecular flexibility index (Phi) is 17.5. The van der Waals surface area contributed by atoms with E-state index in [-0.39, 0.29) is 5.25 Å². The molecule has 1 aromatic carbocycles. The number of aliphatic carboxylic acids is 4. The predicted octanol–water partition coefficient (Wildman–Crippen LogP) is 1.36. The molecule has 1 atom stereocenters. The number of hydrogen-bond donors (Lipinski definition) is 5. The van der Waals surface area contributed by atoms with Crippen molar-refractivity contribution < 1.29 is 52.8 Å². The summed E-state index contributed by atoms with van der Waals surface area (Å²) < 4.78 is 30.9. The number of sulfone groups is 1. The van der Waals surface area contributed by atoms with Gasteiger partial charge < -0.3 is 35.4 Å². The minimum Gasteiger partial charge on any atom is -0.492 e. The van der Waals surface area contributed by atoms with Crippen LogP contribution in [-0.2, 0) is 29.0 Å². The van der Waals surface area contributed by atoms with E-state index in [0.717, 1.165) is 44.8 Å². The Hall–Kier alpha value is -3.75. The molecule has 218 valence electrons. The minimum absolute atomic E-state index is 0.314. The molecule has 39 heavy (non-hydrogen) atoms. The van der Waals surface area contributed by atoms with E-state index in [9.17, 15) is 27.6 Å². The smallest absolute Gasteiger partial charge is 0.328 e. The van der Waals surface area contributed by atoms with Crippen molar-refractivity contribution in [2.45, 2.75) is 36.8 Å². The number of carboxylic acids is 4. The Labute approximate surface area is 227 Å². The summed E-state index contributed by atoms with van der Waals surface area (Å²) in [5.74, 6) is -4.31. The number of likely N-dealkylation sites (N-methyl/N-ethyl adjacent to an activating group) is 1. The Morgan fingerprint density at radius 2 is 1.36 bits per heavy atom. The van der Waals surface area contributed by atoms with Gasteiger partial charge in [0, 0.05) is 37.4 Å². The van der Waals surface area contributed by atoms with Gasteiger partial charge in [-0.1, -0.05) is 13.8 Å². The molecule has 1 aliphatic heterocycles. The van der Waals surface area contributed by atoms with Crippen molar-refractivity contribution in [1.29, 1.82) is 0 Å². The van der Waals surface area contributed by atoms with Crippen LogP contribution in [-0.4, -0.2) is 102 Å². The molecule has 0 spiro atoms. The highest BCUT2D eigenvalue weighted by atomic mass is 32.2. The van der Waals surface area contributed by atoms with Crippen LogP contribution in [0.4, 0.5) is 0 Å². The summed E-state index contributed by atoms with van der Waals surface area (Å²) in [6, 6.07) is 6.84. The number of rotatable bonds is 12. The average molecular weight is 573 g/mol. The predicted molar refractivity (Wildman–Crippen MR) is 142 cm³/mol. The molecule has 0 saturated carbocycles. The largest absolute Gasteiger partial charge is 0.492 e. The van der Waals surface area contributed by atoms with Crippen molar-refractivity contribution in [2.75, 3.05) is 39.3 Å². The first-order valence-corrected chi connectivity index (χ1v) is 13.6. The fourth-order valence-corrected chi connectivity index (χ4v) is 4.83. The third-order valence-corrected chi connectivity index (χ3v) is 7.36. The molecule has 1 fully saturated rings. The van der Waals surface area contributed by atoms with Gasteiger partial charge in [0.05, 0.1) is 10.1 Å². The highest BCUT2D eigenvalue weighted by molar-refractivity contribution is 7.92. The lowest BCUT2D eigenvalue weighted by atomic mass is 10.2. The molecule has 0 amide bonds. The summed E-state index contributed by atoms with van der Waals surface area (Å²) in [6.07, 6.45) is 3.88. The van der Waals surface area contributed by atoms with Crippen LogP contribution >= 0.6 is 0 Å². The molecule has 2 rings (SSSR count). The number of carbonyl (C=O) groups is 4. The maximum atomic E-state index is 12.6. The van der Waals surface area contributed by atoms with E-state index in [2.05, 4.69) is 24.1 Å². The monoisotopic (exact) mass is 572 g/mol. The van der Waals surface area contributed by atoms with Crippen LogP contribution in [0, 0.1) is 0 Å². The number of hydrogen-bond acceptors (Lipinski definition) is 9. The quantitative estimate of drug-likeness (QED) is 0.224. The maximum absolute atomic E-state index is 12.6. The number of ether oxygens (including phenoxy) is 1. The first-order chi connectivity index (χ1) is 18.3. The van der Waals surface area contributed by atoms with E-state index in [0.29, 0.717) is 42.4 Å². The summed E-state index contributed by atoms with van der Waals surface area (Å²) in [5.41, 5.74) is 0. The van der Waals surface area contributed by atoms with E-state index in [4.69, 9.17) is 25.2 Å². The number of nitrogens with one attached hydrogen (secondary N) is 1. The molecule has 0 radical (unpaired) electrons. The van der Waals surface area contributed by atoms with E-state index < -0.39 is 33.7 Å². The molecule has 1 heterocycles.